The summed E-state index contributed by atoms with van der Waals surface area (Å²) in [6.07, 6.45) is 5.57. The summed E-state index contributed by atoms with van der Waals surface area (Å²) in [6.45, 7) is 6.38. The van der Waals surface area contributed by atoms with Gasteiger partial charge in [-0.2, -0.15) is 9.78 Å². The fraction of sp³-hybridized carbons (Fsp3) is 0.407. The number of nitrogens with zero attached hydrogens (tertiary/aromatic N) is 7. The molecule has 10 heteroatoms. The summed E-state index contributed by atoms with van der Waals surface area (Å²) in [5.41, 5.74) is 1.83. The van der Waals surface area contributed by atoms with Gasteiger partial charge in [0.25, 0.3) is 5.95 Å². The molecular formula is C27H27F2N7O. The zero-order valence-electron chi connectivity index (χ0n) is 20.9. The highest BCUT2D eigenvalue weighted by Gasteiger charge is 2.65. The molecule has 1 aromatic carbocycles. The molecule has 4 aromatic rings. The van der Waals surface area contributed by atoms with Crippen molar-refractivity contribution in [3.8, 4) is 17.2 Å². The highest BCUT2D eigenvalue weighted by atomic mass is 19.1. The number of halogens is 2. The van der Waals surface area contributed by atoms with Crippen LogP contribution in [0, 0.1) is 23.0 Å². The van der Waals surface area contributed by atoms with Crippen LogP contribution in [0.3, 0.4) is 0 Å². The van der Waals surface area contributed by atoms with Crippen LogP contribution in [-0.2, 0) is 11.8 Å². The van der Waals surface area contributed by atoms with E-state index in [1.807, 2.05) is 13.0 Å². The molecule has 2 aliphatic rings. The fourth-order valence-corrected chi connectivity index (χ4v) is 6.32. The van der Waals surface area contributed by atoms with Crippen LogP contribution in [0.1, 0.15) is 62.3 Å². The summed E-state index contributed by atoms with van der Waals surface area (Å²) in [5, 5.41) is 22.7. The smallest absolute Gasteiger partial charge is 0.252 e. The number of hydrogen-bond acceptors (Lipinski definition) is 7. The largest absolute Gasteiger partial charge is 0.396 e. The molecule has 2 aliphatic carbocycles. The highest BCUT2D eigenvalue weighted by Crippen LogP contribution is 2.69. The maximum atomic E-state index is 14.5. The van der Waals surface area contributed by atoms with Crippen LogP contribution in [0.5, 0.6) is 0 Å². The Kier molecular flexibility index (Phi) is 5.41. The molecule has 3 heterocycles. The van der Waals surface area contributed by atoms with Crippen LogP contribution in [-0.4, -0.2) is 46.6 Å². The van der Waals surface area contributed by atoms with E-state index in [-0.39, 0.29) is 35.1 Å². The summed E-state index contributed by atoms with van der Waals surface area (Å²) in [5.74, 6) is -0.120. The lowest BCUT2D eigenvalue weighted by atomic mass is 9.66. The van der Waals surface area contributed by atoms with Gasteiger partial charge in [0.15, 0.2) is 5.82 Å². The third-order valence-electron chi connectivity index (χ3n) is 8.27. The van der Waals surface area contributed by atoms with E-state index in [4.69, 9.17) is 4.98 Å². The van der Waals surface area contributed by atoms with Crippen molar-refractivity contribution in [3.63, 3.8) is 0 Å². The van der Waals surface area contributed by atoms with Gasteiger partial charge in [-0.05, 0) is 59.9 Å². The van der Waals surface area contributed by atoms with E-state index in [0.29, 0.717) is 18.2 Å². The Bertz CT molecular complexity index is 1480. The third-order valence-corrected chi connectivity index (χ3v) is 8.27. The molecule has 2 bridgehead atoms. The molecule has 1 N–H and O–H groups in total. The lowest BCUT2D eigenvalue weighted by molar-refractivity contribution is 0.235. The average Bonchev–Trinajstić information content (AvgIpc) is 3.51. The van der Waals surface area contributed by atoms with Crippen LogP contribution >= 0.6 is 0 Å². The first-order valence-electron chi connectivity index (χ1n) is 12.4. The molecule has 3 aromatic heterocycles. The van der Waals surface area contributed by atoms with Crippen molar-refractivity contribution < 1.29 is 13.9 Å². The number of rotatable bonds is 6. The molecule has 37 heavy (non-hydrogen) atoms. The van der Waals surface area contributed by atoms with Crippen molar-refractivity contribution in [2.45, 2.75) is 51.4 Å². The second-order valence-corrected chi connectivity index (χ2v) is 10.7. The van der Waals surface area contributed by atoms with Crippen molar-refractivity contribution in [2.24, 2.45) is 11.3 Å². The Balaban J connectivity index is 1.43. The van der Waals surface area contributed by atoms with E-state index in [0.717, 1.165) is 29.8 Å². The zero-order valence-corrected chi connectivity index (χ0v) is 20.9. The van der Waals surface area contributed by atoms with Gasteiger partial charge in [-0.3, -0.25) is 0 Å². The van der Waals surface area contributed by atoms with Crippen LogP contribution < -0.4 is 0 Å². The molecular weight excluding hydrogens is 476 g/mol. The Morgan fingerprint density at radius 1 is 1.14 bits per heavy atom. The number of aromatic nitrogens is 7. The summed E-state index contributed by atoms with van der Waals surface area (Å²) < 4.78 is 30.6. The van der Waals surface area contributed by atoms with E-state index >= 15 is 0 Å². The van der Waals surface area contributed by atoms with Gasteiger partial charge in [-0.1, -0.05) is 26.8 Å². The monoisotopic (exact) mass is 503 g/mol. The maximum Gasteiger partial charge on any atom is 0.252 e. The quantitative estimate of drug-likeness (QED) is 0.421. The summed E-state index contributed by atoms with van der Waals surface area (Å²) in [7, 11) is 0. The van der Waals surface area contributed by atoms with E-state index < -0.39 is 17.0 Å². The molecule has 8 nitrogen and oxygen atoms in total. The predicted molar refractivity (Wildman–Crippen MR) is 131 cm³/mol. The van der Waals surface area contributed by atoms with Crippen LogP contribution in [0.25, 0.3) is 17.2 Å². The van der Waals surface area contributed by atoms with Crippen molar-refractivity contribution in [2.75, 3.05) is 6.61 Å². The number of aliphatic hydroxyl groups is 1. The molecule has 0 spiro atoms. The molecule has 190 valence electrons. The fourth-order valence-electron chi connectivity index (χ4n) is 6.32. The van der Waals surface area contributed by atoms with Crippen LogP contribution in [0.2, 0.25) is 0 Å². The second-order valence-electron chi connectivity index (χ2n) is 10.7. The Hall–Kier alpha value is -3.66. The number of fused-ring (bicyclic) bond motifs is 5. The van der Waals surface area contributed by atoms with Gasteiger partial charge in [-0.25, -0.2) is 23.7 Å². The van der Waals surface area contributed by atoms with Crippen molar-refractivity contribution in [1.29, 1.82) is 0 Å². The first kappa shape index (κ1) is 23.7. The number of aliphatic hydroxyl groups excluding tert-OH is 1. The van der Waals surface area contributed by atoms with Gasteiger partial charge in [0.2, 0.25) is 0 Å². The molecule has 0 aliphatic heterocycles. The highest BCUT2D eigenvalue weighted by molar-refractivity contribution is 5.64. The van der Waals surface area contributed by atoms with E-state index in [1.54, 1.807) is 23.3 Å². The molecule has 6 rings (SSSR count). The van der Waals surface area contributed by atoms with Crippen molar-refractivity contribution in [1.82, 2.24) is 34.9 Å². The molecule has 0 radical (unpaired) electrons. The van der Waals surface area contributed by atoms with Gasteiger partial charge < -0.3 is 5.11 Å². The molecule has 1 fully saturated rings. The second kappa shape index (κ2) is 8.44. The zero-order chi connectivity index (χ0) is 25.9. The van der Waals surface area contributed by atoms with E-state index in [1.165, 1.54) is 18.2 Å². The number of benzene rings is 1. The van der Waals surface area contributed by atoms with Crippen LogP contribution in [0.15, 0.2) is 42.9 Å². The van der Waals surface area contributed by atoms with Gasteiger partial charge in [0.1, 0.15) is 18.0 Å². The van der Waals surface area contributed by atoms with E-state index in [2.05, 4.69) is 39.1 Å². The molecule has 0 unspecified atom stereocenters. The first-order valence-corrected chi connectivity index (χ1v) is 12.4. The lowest BCUT2D eigenvalue weighted by Crippen LogP contribution is -2.38. The van der Waals surface area contributed by atoms with Gasteiger partial charge in [0, 0.05) is 19.2 Å². The molecule has 0 saturated heterocycles. The Morgan fingerprint density at radius 3 is 2.68 bits per heavy atom. The van der Waals surface area contributed by atoms with Gasteiger partial charge >= 0.3 is 0 Å². The summed E-state index contributed by atoms with van der Waals surface area (Å²) in [6, 6.07) is 7.50. The molecule has 3 atom stereocenters. The summed E-state index contributed by atoms with van der Waals surface area (Å²) in [4.78, 5) is 13.7. The third kappa shape index (κ3) is 3.42. The van der Waals surface area contributed by atoms with Crippen LogP contribution in [0.4, 0.5) is 8.78 Å². The normalized spacial score (nSPS) is 22.3. The maximum absolute atomic E-state index is 14.5. The Labute approximate surface area is 212 Å². The Morgan fingerprint density at radius 2 is 1.92 bits per heavy atom. The van der Waals surface area contributed by atoms with Gasteiger partial charge in [-0.15, -0.1) is 10.2 Å². The minimum absolute atomic E-state index is 0.0505. The van der Waals surface area contributed by atoms with E-state index in [9.17, 15) is 13.9 Å². The SMILES string of the molecule is C[C@@H](CO)Cc1ncn(-c2nccc([C@@]34CC[C@@H](c5cc(-c6c(F)cccc6F)nnc53)C4(C)C)n2)n1. The topological polar surface area (TPSA) is 102 Å². The van der Waals surface area contributed by atoms with Gasteiger partial charge in [0.05, 0.1) is 28.1 Å². The minimum Gasteiger partial charge on any atom is -0.396 e. The average molecular weight is 504 g/mol. The number of hydrogen-bond donors (Lipinski definition) is 1. The summed E-state index contributed by atoms with van der Waals surface area (Å²) >= 11 is 0. The predicted octanol–water partition coefficient (Wildman–Crippen LogP) is 4.17. The van der Waals surface area contributed by atoms with Crippen molar-refractivity contribution in [3.05, 3.63) is 77.3 Å². The standard InChI is InChI=1S/C27H27F2N7O/c1-15(13-37)11-22-31-14-36(35-22)25-30-10-8-21(32-25)27-9-7-17(26(27,2)3)16-12-20(33-34-24(16)27)23-18(28)5-4-6-19(23)29/h4-6,8,10,12,14-15,17,37H,7,9,11,13H2,1-3H3/t15-,17+,27+/m1/s1. The lowest BCUT2D eigenvalue weighted by Gasteiger charge is -2.37. The van der Waals surface area contributed by atoms with Crippen molar-refractivity contribution >= 4 is 0 Å². The molecule has 1 saturated carbocycles. The first-order chi connectivity index (χ1) is 17.8. The molecule has 0 amide bonds. The minimum atomic E-state index is -0.660.